The molecule has 20 heavy (non-hydrogen) atoms. The van der Waals surface area contributed by atoms with Crippen LogP contribution in [0, 0.1) is 11.6 Å². The van der Waals surface area contributed by atoms with E-state index >= 15 is 0 Å². The lowest BCUT2D eigenvalue weighted by molar-refractivity contribution is -0.147. The highest BCUT2D eigenvalue weighted by atomic mass is 19.2. The molecule has 0 heterocycles. The van der Waals surface area contributed by atoms with Crippen molar-refractivity contribution in [1.82, 2.24) is 5.32 Å². The minimum absolute atomic E-state index is 0.214. The topological polar surface area (TPSA) is 58.6 Å². The second-order valence-corrected chi connectivity index (χ2v) is 5.05. The van der Waals surface area contributed by atoms with Crippen molar-refractivity contribution in [1.29, 1.82) is 0 Å². The predicted octanol–water partition coefficient (Wildman–Crippen LogP) is 2.33. The summed E-state index contributed by atoms with van der Waals surface area (Å²) < 4.78 is 31.5. The van der Waals surface area contributed by atoms with E-state index in [1.54, 1.807) is 7.05 Å². The molecule has 0 aliphatic heterocycles. The largest absolute Gasteiger partial charge is 0.490 e. The summed E-state index contributed by atoms with van der Waals surface area (Å²) in [5.41, 5.74) is -1.01. The van der Waals surface area contributed by atoms with Gasteiger partial charge in [0.15, 0.2) is 11.6 Å². The highest BCUT2D eigenvalue weighted by Gasteiger charge is 2.42. The number of nitrogens with one attached hydrogen (secondary N) is 1. The van der Waals surface area contributed by atoms with Crippen LogP contribution in [0.1, 0.15) is 25.7 Å². The molecule has 1 aliphatic rings. The lowest BCUT2D eigenvalue weighted by Gasteiger charge is -2.37. The van der Waals surface area contributed by atoms with Crippen molar-refractivity contribution in [3.63, 3.8) is 0 Å². The summed E-state index contributed by atoms with van der Waals surface area (Å²) in [5, 5.41) is 12.2. The summed E-state index contributed by atoms with van der Waals surface area (Å²) in [6.07, 6.45) is 1.86. The van der Waals surface area contributed by atoms with Gasteiger partial charge in [0.1, 0.15) is 17.4 Å². The van der Waals surface area contributed by atoms with Gasteiger partial charge in [0.25, 0.3) is 0 Å². The molecule has 0 amide bonds. The van der Waals surface area contributed by atoms with Crippen LogP contribution in [0.3, 0.4) is 0 Å². The van der Waals surface area contributed by atoms with Crippen molar-refractivity contribution in [3.8, 4) is 5.75 Å². The van der Waals surface area contributed by atoms with Crippen molar-refractivity contribution in [2.45, 2.75) is 37.3 Å². The average molecular weight is 285 g/mol. The molecule has 2 rings (SSSR count). The molecule has 2 unspecified atom stereocenters. The number of carboxylic acid groups (broad SMARTS) is 1. The molecule has 4 nitrogen and oxygen atoms in total. The van der Waals surface area contributed by atoms with Gasteiger partial charge in [-0.25, -0.2) is 8.78 Å². The first-order valence-electron chi connectivity index (χ1n) is 6.51. The Morgan fingerprint density at radius 3 is 2.80 bits per heavy atom. The van der Waals surface area contributed by atoms with E-state index in [1.165, 1.54) is 6.07 Å². The van der Waals surface area contributed by atoms with Gasteiger partial charge in [-0.3, -0.25) is 4.79 Å². The number of carbonyl (C=O) groups is 1. The third-order valence-corrected chi connectivity index (χ3v) is 3.79. The molecule has 0 aromatic heterocycles. The van der Waals surface area contributed by atoms with Crippen molar-refractivity contribution in [3.05, 3.63) is 29.8 Å². The summed E-state index contributed by atoms with van der Waals surface area (Å²) in [5.74, 6) is -2.61. The Bertz CT molecular complexity index is 509. The lowest BCUT2D eigenvalue weighted by atomic mass is 9.80. The number of benzene rings is 1. The van der Waals surface area contributed by atoms with Gasteiger partial charge in [-0.15, -0.1) is 0 Å². The summed E-state index contributed by atoms with van der Waals surface area (Å²) in [6, 6.07) is 3.32. The zero-order chi connectivity index (χ0) is 14.8. The predicted molar refractivity (Wildman–Crippen MR) is 68.7 cm³/mol. The van der Waals surface area contributed by atoms with Crippen molar-refractivity contribution in [2.75, 3.05) is 7.05 Å². The summed E-state index contributed by atoms with van der Waals surface area (Å²) in [6.45, 7) is 0. The van der Waals surface area contributed by atoms with Crippen LogP contribution in [0.5, 0.6) is 5.75 Å². The second kappa shape index (κ2) is 5.75. The smallest absolute Gasteiger partial charge is 0.324 e. The molecule has 2 atom stereocenters. The first-order chi connectivity index (χ1) is 9.47. The SMILES string of the molecule is CNC1(C(=O)O)CCCC(Oc2ccc(F)c(F)c2)C1. The molecule has 0 saturated heterocycles. The molecule has 0 bridgehead atoms. The van der Waals surface area contributed by atoms with E-state index in [9.17, 15) is 18.7 Å². The zero-order valence-electron chi connectivity index (χ0n) is 11.2. The van der Waals surface area contributed by atoms with Crippen LogP contribution < -0.4 is 10.1 Å². The molecule has 0 spiro atoms. The van der Waals surface area contributed by atoms with Crippen molar-refractivity contribution >= 4 is 5.97 Å². The Labute approximate surface area is 115 Å². The molecule has 1 aliphatic carbocycles. The number of aliphatic carboxylic acids is 1. The molecule has 110 valence electrons. The van der Waals surface area contributed by atoms with Crippen LogP contribution in [-0.2, 0) is 4.79 Å². The Morgan fingerprint density at radius 1 is 1.45 bits per heavy atom. The van der Waals surface area contributed by atoms with E-state index in [0.717, 1.165) is 12.1 Å². The van der Waals surface area contributed by atoms with Crippen LogP contribution in [0.25, 0.3) is 0 Å². The number of ether oxygens (including phenoxy) is 1. The molecule has 1 aromatic carbocycles. The number of hydrogen-bond donors (Lipinski definition) is 2. The maximum absolute atomic E-state index is 13.1. The van der Waals surface area contributed by atoms with Gasteiger partial charge >= 0.3 is 5.97 Å². The number of halogens is 2. The van der Waals surface area contributed by atoms with Gasteiger partial charge in [0.2, 0.25) is 0 Å². The second-order valence-electron chi connectivity index (χ2n) is 5.05. The maximum atomic E-state index is 13.1. The summed E-state index contributed by atoms with van der Waals surface area (Å²) >= 11 is 0. The zero-order valence-corrected chi connectivity index (χ0v) is 11.2. The van der Waals surface area contributed by atoms with Gasteiger partial charge in [0, 0.05) is 12.5 Å². The maximum Gasteiger partial charge on any atom is 0.324 e. The fourth-order valence-corrected chi connectivity index (χ4v) is 2.60. The minimum atomic E-state index is -1.01. The van der Waals surface area contributed by atoms with Crippen LogP contribution >= 0.6 is 0 Å². The van der Waals surface area contributed by atoms with E-state index < -0.39 is 23.1 Å². The standard InChI is InChI=1S/C14H17F2NO3/c1-17-14(13(18)19)6-2-3-10(8-14)20-9-4-5-11(15)12(16)7-9/h4-5,7,10,17H,2-3,6,8H2,1H3,(H,18,19). The molecule has 0 radical (unpaired) electrons. The molecule has 6 heteroatoms. The highest BCUT2D eigenvalue weighted by molar-refractivity contribution is 5.79. The number of likely N-dealkylation sites (N-methyl/N-ethyl adjacent to an activating group) is 1. The molecule has 1 saturated carbocycles. The van der Waals surface area contributed by atoms with Crippen LogP contribution in [-0.4, -0.2) is 29.8 Å². The van der Waals surface area contributed by atoms with E-state index in [0.29, 0.717) is 19.3 Å². The van der Waals surface area contributed by atoms with Crippen LogP contribution in [0.4, 0.5) is 8.78 Å². The minimum Gasteiger partial charge on any atom is -0.490 e. The Hall–Kier alpha value is -1.69. The van der Waals surface area contributed by atoms with Crippen LogP contribution in [0.2, 0.25) is 0 Å². The molecule has 2 N–H and O–H groups in total. The Balaban J connectivity index is 2.09. The van der Waals surface area contributed by atoms with Gasteiger partial charge in [-0.05, 0) is 38.4 Å². The summed E-state index contributed by atoms with van der Waals surface area (Å²) in [7, 11) is 1.61. The number of carboxylic acids is 1. The van der Waals surface area contributed by atoms with Gasteiger partial charge in [-0.2, -0.15) is 0 Å². The van der Waals surface area contributed by atoms with E-state index in [2.05, 4.69) is 5.32 Å². The van der Waals surface area contributed by atoms with Crippen molar-refractivity contribution in [2.24, 2.45) is 0 Å². The quantitative estimate of drug-likeness (QED) is 0.891. The highest BCUT2D eigenvalue weighted by Crippen LogP contribution is 2.31. The first kappa shape index (κ1) is 14.7. The lowest BCUT2D eigenvalue weighted by Crippen LogP contribution is -2.55. The third-order valence-electron chi connectivity index (χ3n) is 3.79. The fourth-order valence-electron chi connectivity index (χ4n) is 2.60. The van der Waals surface area contributed by atoms with Gasteiger partial charge < -0.3 is 15.2 Å². The molecular formula is C14H17F2NO3. The van der Waals surface area contributed by atoms with E-state index in [4.69, 9.17) is 4.74 Å². The normalized spacial score (nSPS) is 26.2. The number of hydrogen-bond acceptors (Lipinski definition) is 3. The molecular weight excluding hydrogens is 268 g/mol. The fraction of sp³-hybridized carbons (Fsp3) is 0.500. The number of rotatable bonds is 4. The monoisotopic (exact) mass is 285 g/mol. The molecule has 1 fully saturated rings. The van der Waals surface area contributed by atoms with E-state index in [1.807, 2.05) is 0 Å². The van der Waals surface area contributed by atoms with Gasteiger partial charge in [0.05, 0.1) is 0 Å². The first-order valence-corrected chi connectivity index (χ1v) is 6.51. The van der Waals surface area contributed by atoms with Crippen molar-refractivity contribution < 1.29 is 23.4 Å². The van der Waals surface area contributed by atoms with Crippen LogP contribution in [0.15, 0.2) is 18.2 Å². The Kier molecular flexibility index (Phi) is 4.23. The molecule has 1 aromatic rings. The summed E-state index contributed by atoms with van der Waals surface area (Å²) in [4.78, 5) is 11.4. The van der Waals surface area contributed by atoms with Gasteiger partial charge in [-0.1, -0.05) is 0 Å². The third kappa shape index (κ3) is 2.90. The van der Waals surface area contributed by atoms with E-state index in [-0.39, 0.29) is 18.3 Å². The Morgan fingerprint density at radius 2 is 2.20 bits per heavy atom. The average Bonchev–Trinajstić information content (AvgIpc) is 2.43.